The predicted octanol–water partition coefficient (Wildman–Crippen LogP) is 2.62. The summed E-state index contributed by atoms with van der Waals surface area (Å²) in [5.74, 6) is -1.24. The molecule has 2 N–H and O–H groups in total. The number of amides is 1. The molecule has 0 bridgehead atoms. The number of hydrogen-bond donors (Lipinski definition) is 2. The number of carbonyl (C=O) groups excluding carboxylic acids is 1. The fourth-order valence-electron chi connectivity index (χ4n) is 1.83. The summed E-state index contributed by atoms with van der Waals surface area (Å²) in [5, 5.41) is 11.4. The highest BCUT2D eigenvalue weighted by molar-refractivity contribution is 5.96. The lowest BCUT2D eigenvalue weighted by molar-refractivity contribution is -0.131. The molecule has 1 heterocycles. The Labute approximate surface area is 121 Å². The van der Waals surface area contributed by atoms with Crippen LogP contribution >= 0.6 is 0 Å². The largest absolute Gasteiger partial charge is 0.478 e. The van der Waals surface area contributed by atoms with Crippen LogP contribution in [0.3, 0.4) is 0 Å². The Morgan fingerprint density at radius 3 is 2.81 bits per heavy atom. The van der Waals surface area contributed by atoms with Crippen molar-refractivity contribution in [3.63, 3.8) is 0 Å². The first-order valence-corrected chi connectivity index (χ1v) is 6.37. The van der Waals surface area contributed by atoms with E-state index < -0.39 is 5.97 Å². The van der Waals surface area contributed by atoms with E-state index in [0.717, 1.165) is 17.2 Å². The van der Waals surface area contributed by atoms with Crippen molar-refractivity contribution in [3.8, 4) is 0 Å². The Balaban J connectivity index is 2.12. The normalized spacial score (nSPS) is 10.7. The van der Waals surface area contributed by atoms with Crippen LogP contribution in [0.15, 0.2) is 47.3 Å². The van der Waals surface area contributed by atoms with Crippen LogP contribution in [0.25, 0.3) is 6.08 Å². The maximum absolute atomic E-state index is 12.2. The van der Waals surface area contributed by atoms with Gasteiger partial charge in [0.05, 0.1) is 12.5 Å². The molecule has 2 aromatic rings. The second-order valence-corrected chi connectivity index (χ2v) is 4.56. The second kappa shape index (κ2) is 6.56. The molecule has 0 radical (unpaired) electrons. The minimum Gasteiger partial charge on any atom is -0.478 e. The van der Waals surface area contributed by atoms with E-state index in [2.05, 4.69) is 5.32 Å². The van der Waals surface area contributed by atoms with Gasteiger partial charge in [0.25, 0.3) is 5.91 Å². The zero-order chi connectivity index (χ0) is 15.2. The molecule has 0 saturated heterocycles. The Kier molecular flexibility index (Phi) is 4.56. The Morgan fingerprint density at radius 1 is 1.33 bits per heavy atom. The minimum atomic E-state index is -1.03. The van der Waals surface area contributed by atoms with E-state index in [9.17, 15) is 9.59 Å². The number of furan rings is 1. The highest BCUT2D eigenvalue weighted by atomic mass is 16.4. The first-order valence-electron chi connectivity index (χ1n) is 6.37. The number of carboxylic acids is 1. The zero-order valence-electron chi connectivity index (χ0n) is 11.5. The predicted molar refractivity (Wildman–Crippen MR) is 77.7 cm³/mol. The van der Waals surface area contributed by atoms with Crippen LogP contribution in [0.5, 0.6) is 0 Å². The highest BCUT2D eigenvalue weighted by Crippen LogP contribution is 2.13. The van der Waals surface area contributed by atoms with Crippen LogP contribution < -0.4 is 5.32 Å². The lowest BCUT2D eigenvalue weighted by atomic mass is 10.0. The van der Waals surface area contributed by atoms with E-state index in [1.807, 2.05) is 6.92 Å². The van der Waals surface area contributed by atoms with Gasteiger partial charge >= 0.3 is 5.97 Å². The third-order valence-corrected chi connectivity index (χ3v) is 2.96. The number of aryl methyl sites for hydroxylation is 1. The van der Waals surface area contributed by atoms with Crippen molar-refractivity contribution in [2.45, 2.75) is 13.5 Å². The molecule has 5 heteroatoms. The van der Waals surface area contributed by atoms with Crippen LogP contribution in [0, 0.1) is 6.92 Å². The van der Waals surface area contributed by atoms with E-state index in [4.69, 9.17) is 9.52 Å². The average molecular weight is 285 g/mol. The maximum atomic E-state index is 12.2. The molecule has 0 atom stereocenters. The molecular formula is C16H15NO4. The number of nitrogens with one attached hydrogen (secondary N) is 1. The van der Waals surface area contributed by atoms with Gasteiger partial charge in [-0.15, -0.1) is 0 Å². The van der Waals surface area contributed by atoms with Crippen molar-refractivity contribution in [1.82, 2.24) is 5.32 Å². The van der Waals surface area contributed by atoms with Gasteiger partial charge in [0.15, 0.2) is 0 Å². The van der Waals surface area contributed by atoms with Gasteiger partial charge in [0, 0.05) is 23.7 Å². The van der Waals surface area contributed by atoms with E-state index >= 15 is 0 Å². The van der Waals surface area contributed by atoms with Crippen molar-refractivity contribution in [2.24, 2.45) is 0 Å². The zero-order valence-corrected chi connectivity index (χ0v) is 11.5. The smallest absolute Gasteiger partial charge is 0.328 e. The van der Waals surface area contributed by atoms with Crippen molar-refractivity contribution in [1.29, 1.82) is 0 Å². The van der Waals surface area contributed by atoms with Gasteiger partial charge in [-0.3, -0.25) is 4.79 Å². The molecule has 1 amide bonds. The van der Waals surface area contributed by atoms with Gasteiger partial charge in [0.2, 0.25) is 0 Å². The number of aliphatic carboxylic acids is 1. The number of benzene rings is 1. The summed E-state index contributed by atoms with van der Waals surface area (Å²) in [4.78, 5) is 22.7. The molecule has 2 rings (SSSR count). The van der Waals surface area contributed by atoms with Gasteiger partial charge in [0.1, 0.15) is 0 Å². The van der Waals surface area contributed by atoms with Gasteiger partial charge in [-0.25, -0.2) is 4.79 Å². The quantitative estimate of drug-likeness (QED) is 0.828. The monoisotopic (exact) mass is 285 g/mol. The molecule has 0 saturated carbocycles. The lowest BCUT2D eigenvalue weighted by Crippen LogP contribution is -2.23. The van der Waals surface area contributed by atoms with Crippen LogP contribution in [-0.2, 0) is 11.3 Å². The molecule has 5 nitrogen and oxygen atoms in total. The summed E-state index contributed by atoms with van der Waals surface area (Å²) in [5.41, 5.74) is 2.89. The summed E-state index contributed by atoms with van der Waals surface area (Å²) in [6.07, 6.45) is 5.61. The minimum absolute atomic E-state index is 0.209. The molecule has 0 aliphatic rings. The standard InChI is InChI=1S/C16H15NO4/c1-11-2-3-12(4-5-15(18)19)8-14(11)16(20)17-9-13-6-7-21-10-13/h2-8,10H,9H2,1H3,(H,17,20)(H,18,19)/b5-4+. The van der Waals surface area contributed by atoms with Gasteiger partial charge < -0.3 is 14.8 Å². The topological polar surface area (TPSA) is 79.5 Å². The molecule has 0 fully saturated rings. The fraction of sp³-hybridized carbons (Fsp3) is 0.125. The van der Waals surface area contributed by atoms with E-state index in [-0.39, 0.29) is 5.91 Å². The van der Waals surface area contributed by atoms with Crippen molar-refractivity contribution >= 4 is 18.0 Å². The molecule has 0 spiro atoms. The van der Waals surface area contributed by atoms with Crippen LogP contribution in [-0.4, -0.2) is 17.0 Å². The Bertz CT molecular complexity index is 672. The average Bonchev–Trinajstić information content (AvgIpc) is 2.97. The van der Waals surface area contributed by atoms with Crippen molar-refractivity contribution in [2.75, 3.05) is 0 Å². The van der Waals surface area contributed by atoms with Crippen molar-refractivity contribution in [3.05, 3.63) is 65.1 Å². The molecule has 21 heavy (non-hydrogen) atoms. The first kappa shape index (κ1) is 14.6. The van der Waals surface area contributed by atoms with Gasteiger partial charge in [-0.1, -0.05) is 12.1 Å². The van der Waals surface area contributed by atoms with E-state index in [1.54, 1.807) is 36.8 Å². The second-order valence-electron chi connectivity index (χ2n) is 4.56. The summed E-state index contributed by atoms with van der Waals surface area (Å²) >= 11 is 0. The first-order chi connectivity index (χ1) is 10.1. The Morgan fingerprint density at radius 2 is 2.14 bits per heavy atom. The maximum Gasteiger partial charge on any atom is 0.328 e. The number of carbonyl (C=O) groups is 2. The number of hydrogen-bond acceptors (Lipinski definition) is 3. The van der Waals surface area contributed by atoms with Gasteiger partial charge in [-0.05, 0) is 36.3 Å². The Hall–Kier alpha value is -2.82. The molecular weight excluding hydrogens is 270 g/mol. The van der Waals surface area contributed by atoms with E-state index in [1.165, 1.54) is 6.08 Å². The highest BCUT2D eigenvalue weighted by Gasteiger charge is 2.09. The summed E-state index contributed by atoms with van der Waals surface area (Å²) in [7, 11) is 0. The van der Waals surface area contributed by atoms with Gasteiger partial charge in [-0.2, -0.15) is 0 Å². The molecule has 1 aromatic carbocycles. The molecule has 0 unspecified atom stereocenters. The number of rotatable bonds is 5. The van der Waals surface area contributed by atoms with Crippen LogP contribution in [0.4, 0.5) is 0 Å². The third kappa shape index (κ3) is 4.07. The summed E-state index contributed by atoms with van der Waals surface area (Å²) in [6.45, 7) is 2.21. The van der Waals surface area contributed by atoms with Crippen LogP contribution in [0.1, 0.15) is 27.0 Å². The van der Waals surface area contributed by atoms with E-state index in [0.29, 0.717) is 17.7 Å². The number of carboxylic acid groups (broad SMARTS) is 1. The summed E-state index contributed by atoms with van der Waals surface area (Å²) in [6, 6.07) is 6.99. The summed E-state index contributed by atoms with van der Waals surface area (Å²) < 4.78 is 4.93. The van der Waals surface area contributed by atoms with Crippen LogP contribution in [0.2, 0.25) is 0 Å². The van der Waals surface area contributed by atoms with Crippen molar-refractivity contribution < 1.29 is 19.1 Å². The molecule has 0 aliphatic heterocycles. The molecule has 1 aromatic heterocycles. The molecule has 0 aliphatic carbocycles. The fourth-order valence-corrected chi connectivity index (χ4v) is 1.83. The lowest BCUT2D eigenvalue weighted by Gasteiger charge is -2.08. The SMILES string of the molecule is Cc1ccc(/C=C/C(=O)O)cc1C(=O)NCc1ccoc1. The molecule has 108 valence electrons. The third-order valence-electron chi connectivity index (χ3n) is 2.96.